The number of alkyl halides is 3. The number of carbonyl (C=O) groups is 3. The van der Waals surface area contributed by atoms with Gasteiger partial charge in [-0.2, -0.15) is 13.2 Å². The van der Waals surface area contributed by atoms with E-state index in [0.717, 1.165) is 0 Å². The Kier molecular flexibility index (Phi) is 6.89. The van der Waals surface area contributed by atoms with E-state index in [1.807, 2.05) is 0 Å². The topological polar surface area (TPSA) is 95.5 Å². The zero-order valence-electron chi connectivity index (χ0n) is 11.6. The molecule has 0 aliphatic carbocycles. The first-order chi connectivity index (χ1) is 10.7. The van der Waals surface area contributed by atoms with Crippen LogP contribution in [0.1, 0.15) is 5.56 Å². The first-order valence-corrected chi connectivity index (χ1v) is 7.22. The predicted molar refractivity (Wildman–Crippen MR) is 77.9 cm³/mol. The number of hydrogen-bond donors (Lipinski definition) is 3. The van der Waals surface area contributed by atoms with Crippen LogP contribution in [0.5, 0.6) is 0 Å². The standard InChI is InChI=1S/C13H13F3N2O4S/c14-13(15,16)23-7-11(20)18-9-3-1-8(2-4-9)5-10(19)17-6-12(21)22/h1-4H,5-7H2,(H,17,19)(H,18,20)(H,21,22). The van der Waals surface area contributed by atoms with Crippen LogP contribution in [0.4, 0.5) is 18.9 Å². The molecule has 1 rings (SSSR count). The van der Waals surface area contributed by atoms with Crippen molar-refractivity contribution < 1.29 is 32.7 Å². The fraction of sp³-hybridized carbons (Fsp3) is 0.308. The molecule has 0 heterocycles. The summed E-state index contributed by atoms with van der Waals surface area (Å²) in [6.07, 6.45) is -0.0502. The number of amides is 2. The number of carboxylic acid groups (broad SMARTS) is 1. The van der Waals surface area contributed by atoms with Crippen molar-refractivity contribution in [2.75, 3.05) is 17.6 Å². The maximum absolute atomic E-state index is 12.0. The molecule has 23 heavy (non-hydrogen) atoms. The Hall–Kier alpha value is -2.23. The lowest BCUT2D eigenvalue weighted by atomic mass is 10.1. The van der Waals surface area contributed by atoms with Crippen LogP contribution in [-0.2, 0) is 20.8 Å². The Bertz CT molecular complexity index is 576. The van der Waals surface area contributed by atoms with E-state index in [2.05, 4.69) is 10.6 Å². The third-order valence-electron chi connectivity index (χ3n) is 2.41. The van der Waals surface area contributed by atoms with Gasteiger partial charge in [0.15, 0.2) is 0 Å². The summed E-state index contributed by atoms with van der Waals surface area (Å²) < 4.78 is 35.9. The Labute approximate surface area is 133 Å². The first-order valence-electron chi connectivity index (χ1n) is 6.23. The van der Waals surface area contributed by atoms with E-state index >= 15 is 0 Å². The van der Waals surface area contributed by atoms with Gasteiger partial charge < -0.3 is 15.7 Å². The molecular weight excluding hydrogens is 337 g/mol. The molecule has 0 aliphatic heterocycles. The molecule has 10 heteroatoms. The van der Waals surface area contributed by atoms with Gasteiger partial charge >= 0.3 is 11.5 Å². The molecule has 3 N–H and O–H groups in total. The number of carboxylic acids is 1. The number of carbonyl (C=O) groups excluding carboxylic acids is 2. The Balaban J connectivity index is 2.45. The average Bonchev–Trinajstić information content (AvgIpc) is 2.44. The molecule has 0 spiro atoms. The monoisotopic (exact) mass is 350 g/mol. The largest absolute Gasteiger partial charge is 0.480 e. The Morgan fingerprint density at radius 3 is 2.22 bits per heavy atom. The zero-order chi connectivity index (χ0) is 17.5. The van der Waals surface area contributed by atoms with Crippen molar-refractivity contribution in [1.29, 1.82) is 0 Å². The number of aliphatic carboxylic acids is 1. The summed E-state index contributed by atoms with van der Waals surface area (Å²) in [6.45, 7) is -0.482. The summed E-state index contributed by atoms with van der Waals surface area (Å²) in [6, 6.07) is 5.89. The molecule has 126 valence electrons. The van der Waals surface area contributed by atoms with Crippen LogP contribution < -0.4 is 10.6 Å². The highest BCUT2D eigenvalue weighted by atomic mass is 32.2. The Morgan fingerprint density at radius 2 is 1.70 bits per heavy atom. The van der Waals surface area contributed by atoms with Gasteiger partial charge in [0.05, 0.1) is 12.2 Å². The predicted octanol–water partition coefficient (Wildman–Crippen LogP) is 1.62. The van der Waals surface area contributed by atoms with Crippen molar-refractivity contribution in [2.24, 2.45) is 0 Å². The maximum Gasteiger partial charge on any atom is 0.442 e. The molecule has 0 fully saturated rings. The van der Waals surface area contributed by atoms with E-state index < -0.39 is 47.4 Å². The molecule has 0 saturated carbocycles. The average molecular weight is 350 g/mol. The maximum atomic E-state index is 12.0. The molecule has 0 aromatic heterocycles. The fourth-order valence-corrected chi connectivity index (χ4v) is 1.84. The molecule has 0 aliphatic rings. The smallest absolute Gasteiger partial charge is 0.442 e. The lowest BCUT2D eigenvalue weighted by Gasteiger charge is -2.08. The minimum atomic E-state index is -4.47. The third kappa shape index (κ3) is 8.71. The quantitative estimate of drug-likeness (QED) is 0.695. The summed E-state index contributed by atoms with van der Waals surface area (Å²) in [4.78, 5) is 33.0. The molecule has 0 saturated heterocycles. The van der Waals surface area contributed by atoms with Crippen molar-refractivity contribution in [2.45, 2.75) is 11.9 Å². The van der Waals surface area contributed by atoms with E-state index in [1.54, 1.807) is 0 Å². The van der Waals surface area contributed by atoms with Crippen LogP contribution in [0, 0.1) is 0 Å². The fourth-order valence-electron chi connectivity index (χ4n) is 1.47. The van der Waals surface area contributed by atoms with E-state index in [4.69, 9.17) is 5.11 Å². The molecule has 1 aromatic rings. The number of hydrogen-bond acceptors (Lipinski definition) is 4. The minimum Gasteiger partial charge on any atom is -0.480 e. The number of rotatable bonds is 7. The molecule has 2 amide bonds. The minimum absolute atomic E-state index is 0.0502. The van der Waals surface area contributed by atoms with Crippen molar-refractivity contribution in [3.8, 4) is 0 Å². The molecular formula is C13H13F3N2O4S. The van der Waals surface area contributed by atoms with Gasteiger partial charge in [0.2, 0.25) is 11.8 Å². The van der Waals surface area contributed by atoms with Gasteiger partial charge in [-0.25, -0.2) is 0 Å². The summed E-state index contributed by atoms with van der Waals surface area (Å²) in [7, 11) is 0. The SMILES string of the molecule is O=C(O)CNC(=O)Cc1ccc(NC(=O)CSC(F)(F)F)cc1. The molecule has 0 unspecified atom stereocenters. The Morgan fingerprint density at radius 1 is 1.09 bits per heavy atom. The first kappa shape index (κ1) is 18.8. The second-order valence-corrected chi connectivity index (χ2v) is 5.37. The number of benzene rings is 1. The summed E-state index contributed by atoms with van der Waals surface area (Å²) in [5.74, 6) is -3.18. The van der Waals surface area contributed by atoms with Gasteiger partial charge in [0.1, 0.15) is 6.54 Å². The highest BCUT2D eigenvalue weighted by Gasteiger charge is 2.29. The van der Waals surface area contributed by atoms with Crippen LogP contribution in [0.3, 0.4) is 0 Å². The van der Waals surface area contributed by atoms with E-state index in [9.17, 15) is 27.6 Å². The summed E-state index contributed by atoms with van der Waals surface area (Å²) in [5.41, 5.74) is -3.60. The van der Waals surface area contributed by atoms with Gasteiger partial charge in [0.25, 0.3) is 0 Å². The van der Waals surface area contributed by atoms with Gasteiger partial charge in [-0.15, -0.1) is 0 Å². The highest BCUT2D eigenvalue weighted by molar-refractivity contribution is 8.00. The zero-order valence-corrected chi connectivity index (χ0v) is 12.5. The number of anilines is 1. The number of thioether (sulfide) groups is 1. The van der Waals surface area contributed by atoms with Gasteiger partial charge in [-0.1, -0.05) is 12.1 Å². The van der Waals surface area contributed by atoms with E-state index in [1.165, 1.54) is 24.3 Å². The number of halogens is 3. The molecule has 0 radical (unpaired) electrons. The van der Waals surface area contributed by atoms with E-state index in [0.29, 0.717) is 11.3 Å². The summed E-state index contributed by atoms with van der Waals surface area (Å²) in [5, 5.41) is 12.9. The second-order valence-electron chi connectivity index (χ2n) is 4.33. The highest BCUT2D eigenvalue weighted by Crippen LogP contribution is 2.29. The van der Waals surface area contributed by atoms with Crippen LogP contribution in [0.15, 0.2) is 24.3 Å². The summed E-state index contributed by atoms with van der Waals surface area (Å²) >= 11 is -0.433. The second kappa shape index (κ2) is 8.42. The molecule has 6 nitrogen and oxygen atoms in total. The molecule has 0 bridgehead atoms. The third-order valence-corrected chi connectivity index (χ3v) is 3.14. The normalized spacial score (nSPS) is 10.9. The van der Waals surface area contributed by atoms with Gasteiger partial charge in [0, 0.05) is 5.69 Å². The van der Waals surface area contributed by atoms with Crippen LogP contribution in [0.25, 0.3) is 0 Å². The lowest BCUT2D eigenvalue weighted by Crippen LogP contribution is -2.30. The van der Waals surface area contributed by atoms with Crippen molar-refractivity contribution >= 4 is 35.2 Å². The molecule has 0 atom stereocenters. The molecule has 1 aromatic carbocycles. The van der Waals surface area contributed by atoms with E-state index in [-0.39, 0.29) is 6.42 Å². The van der Waals surface area contributed by atoms with Crippen molar-refractivity contribution in [3.05, 3.63) is 29.8 Å². The van der Waals surface area contributed by atoms with Gasteiger partial charge in [-0.3, -0.25) is 14.4 Å². The van der Waals surface area contributed by atoms with Crippen LogP contribution in [-0.4, -0.2) is 40.7 Å². The number of nitrogens with one attached hydrogen (secondary N) is 2. The van der Waals surface area contributed by atoms with Crippen LogP contribution in [0.2, 0.25) is 0 Å². The van der Waals surface area contributed by atoms with Crippen molar-refractivity contribution in [3.63, 3.8) is 0 Å². The van der Waals surface area contributed by atoms with Crippen LogP contribution >= 0.6 is 11.8 Å². The van der Waals surface area contributed by atoms with Crippen molar-refractivity contribution in [1.82, 2.24) is 5.32 Å². The van der Waals surface area contributed by atoms with Gasteiger partial charge in [-0.05, 0) is 29.5 Å². The lowest BCUT2D eigenvalue weighted by molar-refractivity contribution is -0.137.